The maximum atomic E-state index is 12.3. The van der Waals surface area contributed by atoms with E-state index in [4.69, 9.17) is 11.6 Å². The number of nitrogens with zero attached hydrogens (tertiary/aromatic N) is 2. The van der Waals surface area contributed by atoms with E-state index < -0.39 is 0 Å². The summed E-state index contributed by atoms with van der Waals surface area (Å²) in [4.78, 5) is 19.0. The summed E-state index contributed by atoms with van der Waals surface area (Å²) in [5.74, 6) is 1.62. The molecular weight excluding hydrogens is 262 g/mol. The normalized spacial score (nSPS) is 32.4. The van der Waals surface area contributed by atoms with Gasteiger partial charge < -0.3 is 10.2 Å². The number of fused-ring (bicyclic) bond motifs is 5. The molecular formula is C14H16ClN3O. The Balaban J connectivity index is 1.81. The van der Waals surface area contributed by atoms with Gasteiger partial charge in [-0.25, -0.2) is 4.98 Å². The van der Waals surface area contributed by atoms with Crippen LogP contribution in [0.3, 0.4) is 0 Å². The monoisotopic (exact) mass is 277 g/mol. The van der Waals surface area contributed by atoms with Crippen molar-refractivity contribution < 1.29 is 4.79 Å². The zero-order chi connectivity index (χ0) is 13.0. The van der Waals surface area contributed by atoms with Crippen molar-refractivity contribution in [2.75, 3.05) is 10.2 Å². The molecule has 0 spiro atoms. The molecule has 1 N–H and O–H groups in total. The highest BCUT2D eigenvalue weighted by Gasteiger charge is 2.48. The van der Waals surface area contributed by atoms with Gasteiger partial charge in [0.25, 0.3) is 0 Å². The number of aromatic nitrogens is 1. The summed E-state index contributed by atoms with van der Waals surface area (Å²) in [5, 5.41) is 3.46. The van der Waals surface area contributed by atoms with Crippen molar-refractivity contribution in [1.82, 2.24) is 4.98 Å². The van der Waals surface area contributed by atoms with Crippen LogP contribution in [0, 0.1) is 5.92 Å². The second kappa shape index (κ2) is 4.10. The number of hydrogen-bond acceptors (Lipinski definition) is 3. The number of pyridine rings is 1. The summed E-state index contributed by atoms with van der Waals surface area (Å²) in [6, 6.07) is 4.01. The van der Waals surface area contributed by atoms with Gasteiger partial charge in [0.1, 0.15) is 11.2 Å². The van der Waals surface area contributed by atoms with Gasteiger partial charge in [0.2, 0.25) is 5.91 Å². The molecule has 1 saturated heterocycles. The van der Waals surface area contributed by atoms with Crippen molar-refractivity contribution in [3.63, 3.8) is 0 Å². The third-order valence-electron chi connectivity index (χ3n) is 4.73. The Hall–Kier alpha value is -1.29. The van der Waals surface area contributed by atoms with Crippen LogP contribution in [0.5, 0.6) is 0 Å². The van der Waals surface area contributed by atoms with E-state index in [9.17, 15) is 4.79 Å². The van der Waals surface area contributed by atoms with E-state index in [2.05, 4.69) is 15.2 Å². The summed E-state index contributed by atoms with van der Waals surface area (Å²) in [6.07, 6.45) is 5.91. The van der Waals surface area contributed by atoms with Gasteiger partial charge in [0.05, 0.1) is 5.69 Å². The van der Waals surface area contributed by atoms with E-state index in [1.807, 2.05) is 6.07 Å². The molecule has 19 heavy (non-hydrogen) atoms. The fraction of sp³-hybridized carbons (Fsp3) is 0.571. The highest BCUT2D eigenvalue weighted by atomic mass is 35.5. The number of carbonyl (C=O) groups excluding carboxylic acids is 1. The maximum Gasteiger partial charge on any atom is 0.247 e. The first-order valence-corrected chi connectivity index (χ1v) is 7.37. The first-order chi connectivity index (χ1) is 9.24. The number of rotatable bonds is 0. The summed E-state index contributed by atoms with van der Waals surface area (Å²) < 4.78 is 0. The number of carbonyl (C=O) groups is 1. The minimum atomic E-state index is -0.0495. The molecule has 1 amide bonds. The molecule has 5 heteroatoms. The van der Waals surface area contributed by atoms with Crippen LogP contribution >= 0.6 is 11.6 Å². The molecule has 2 fully saturated rings. The van der Waals surface area contributed by atoms with E-state index in [-0.39, 0.29) is 11.9 Å². The minimum Gasteiger partial charge on any atom is -0.340 e. The predicted octanol–water partition coefficient (Wildman–Crippen LogP) is 2.82. The van der Waals surface area contributed by atoms with Gasteiger partial charge in [0.15, 0.2) is 5.82 Å². The lowest BCUT2D eigenvalue weighted by Gasteiger charge is -2.38. The molecule has 0 bridgehead atoms. The number of anilines is 2. The van der Waals surface area contributed by atoms with Crippen LogP contribution in [0.4, 0.5) is 11.5 Å². The number of halogens is 1. The lowest BCUT2D eigenvalue weighted by molar-refractivity contribution is -0.117. The second-order valence-corrected chi connectivity index (χ2v) is 6.15. The van der Waals surface area contributed by atoms with Crippen molar-refractivity contribution in [3.05, 3.63) is 17.3 Å². The highest BCUT2D eigenvalue weighted by Crippen LogP contribution is 2.46. The van der Waals surface area contributed by atoms with Gasteiger partial charge in [0, 0.05) is 6.04 Å². The number of nitrogens with one attached hydrogen (secondary N) is 1. The summed E-state index contributed by atoms with van der Waals surface area (Å²) in [7, 11) is 0. The molecule has 4 rings (SSSR count). The van der Waals surface area contributed by atoms with E-state index in [1.165, 1.54) is 25.7 Å². The maximum absolute atomic E-state index is 12.3. The van der Waals surface area contributed by atoms with Gasteiger partial charge in [-0.3, -0.25) is 4.79 Å². The highest BCUT2D eigenvalue weighted by molar-refractivity contribution is 6.29. The molecule has 2 aliphatic heterocycles. The molecule has 3 heterocycles. The van der Waals surface area contributed by atoms with Crippen LogP contribution in [0.25, 0.3) is 0 Å². The molecule has 0 aromatic carbocycles. The molecule has 1 saturated carbocycles. The van der Waals surface area contributed by atoms with E-state index >= 15 is 0 Å². The Morgan fingerprint density at radius 3 is 3.05 bits per heavy atom. The van der Waals surface area contributed by atoms with Crippen LogP contribution < -0.4 is 10.2 Å². The van der Waals surface area contributed by atoms with Crippen molar-refractivity contribution in [2.45, 2.75) is 44.2 Å². The van der Waals surface area contributed by atoms with Gasteiger partial charge in [-0.2, -0.15) is 0 Å². The van der Waals surface area contributed by atoms with Crippen molar-refractivity contribution in [3.8, 4) is 0 Å². The standard InChI is InChI=1S/C14H16ClN3O/c15-12-6-5-9-13(17-12)18-10-4-2-1-3-8(10)7-11(18)14(19)16-9/h5-6,8,10-11H,1-4,7H2,(H,16,19). The van der Waals surface area contributed by atoms with E-state index in [0.29, 0.717) is 17.1 Å². The molecule has 1 aliphatic carbocycles. The van der Waals surface area contributed by atoms with Crippen LogP contribution in [0.15, 0.2) is 12.1 Å². The van der Waals surface area contributed by atoms with Crippen LogP contribution in [-0.2, 0) is 4.79 Å². The molecule has 3 aliphatic rings. The smallest absolute Gasteiger partial charge is 0.247 e. The number of amides is 1. The molecule has 0 radical (unpaired) electrons. The zero-order valence-corrected chi connectivity index (χ0v) is 11.4. The topological polar surface area (TPSA) is 45.2 Å². The lowest BCUT2D eigenvalue weighted by Crippen LogP contribution is -2.48. The quantitative estimate of drug-likeness (QED) is 0.742. The average molecular weight is 278 g/mol. The molecule has 100 valence electrons. The van der Waals surface area contributed by atoms with Crippen molar-refractivity contribution >= 4 is 29.0 Å². The fourth-order valence-corrected chi connectivity index (χ4v) is 4.08. The average Bonchev–Trinajstić information content (AvgIpc) is 2.80. The molecule has 3 atom stereocenters. The first-order valence-electron chi connectivity index (χ1n) is 7.00. The number of hydrogen-bond donors (Lipinski definition) is 1. The minimum absolute atomic E-state index is 0.0495. The Labute approximate surface area is 117 Å². The third-order valence-corrected chi connectivity index (χ3v) is 4.94. The van der Waals surface area contributed by atoms with Gasteiger partial charge >= 0.3 is 0 Å². The van der Waals surface area contributed by atoms with E-state index in [1.54, 1.807) is 6.07 Å². The Morgan fingerprint density at radius 1 is 1.32 bits per heavy atom. The largest absolute Gasteiger partial charge is 0.340 e. The summed E-state index contributed by atoms with van der Waals surface area (Å²) >= 11 is 6.03. The van der Waals surface area contributed by atoms with Gasteiger partial charge in [-0.15, -0.1) is 0 Å². The Bertz CT molecular complexity index is 547. The molecule has 4 nitrogen and oxygen atoms in total. The van der Waals surface area contributed by atoms with E-state index in [0.717, 1.165) is 17.9 Å². The zero-order valence-electron chi connectivity index (χ0n) is 10.6. The summed E-state index contributed by atoms with van der Waals surface area (Å²) in [6.45, 7) is 0. The summed E-state index contributed by atoms with van der Waals surface area (Å²) in [5.41, 5.74) is 0.803. The fourth-order valence-electron chi connectivity index (χ4n) is 3.93. The predicted molar refractivity (Wildman–Crippen MR) is 74.5 cm³/mol. The molecule has 1 aromatic rings. The SMILES string of the molecule is O=C1Nc2ccc(Cl)nc2N2C1CC1CCCCC12. The van der Waals surface area contributed by atoms with Crippen molar-refractivity contribution in [2.24, 2.45) is 5.92 Å². The van der Waals surface area contributed by atoms with Crippen LogP contribution in [-0.4, -0.2) is 23.0 Å². The molecule has 1 aromatic heterocycles. The first kappa shape index (κ1) is 11.5. The van der Waals surface area contributed by atoms with Gasteiger partial charge in [-0.1, -0.05) is 24.4 Å². The van der Waals surface area contributed by atoms with Gasteiger partial charge in [-0.05, 0) is 37.3 Å². The van der Waals surface area contributed by atoms with Crippen molar-refractivity contribution in [1.29, 1.82) is 0 Å². The molecule has 3 unspecified atom stereocenters. The Morgan fingerprint density at radius 2 is 2.16 bits per heavy atom. The third kappa shape index (κ3) is 1.66. The Kier molecular flexibility index (Phi) is 2.49. The van der Waals surface area contributed by atoms with Crippen LogP contribution in [0.2, 0.25) is 5.15 Å². The van der Waals surface area contributed by atoms with Crippen LogP contribution in [0.1, 0.15) is 32.1 Å². The lowest BCUT2D eigenvalue weighted by atomic mass is 9.85. The second-order valence-electron chi connectivity index (χ2n) is 5.77.